The Labute approximate surface area is 196 Å². The van der Waals surface area contributed by atoms with E-state index in [1.165, 1.54) is 23.8 Å². The van der Waals surface area contributed by atoms with E-state index < -0.39 is 18.0 Å². The number of aliphatic hydroxyl groups excluding tert-OH is 1. The molecular weight excluding hydrogens is 450 g/mol. The van der Waals surface area contributed by atoms with Gasteiger partial charge in [-0.25, -0.2) is 4.79 Å². The van der Waals surface area contributed by atoms with Gasteiger partial charge >= 0.3 is 5.97 Å². The molecule has 11 nitrogen and oxygen atoms in total. The summed E-state index contributed by atoms with van der Waals surface area (Å²) in [6.07, 6.45) is -0.286. The van der Waals surface area contributed by atoms with Gasteiger partial charge in [-0.3, -0.25) is 9.59 Å². The second kappa shape index (κ2) is 9.24. The third kappa shape index (κ3) is 4.02. The van der Waals surface area contributed by atoms with Gasteiger partial charge in [0.1, 0.15) is 12.8 Å². The number of fused-ring (bicyclic) bond motifs is 1. The maximum absolute atomic E-state index is 13.1. The molecule has 5 N–H and O–H groups in total. The normalized spacial score (nSPS) is 35.8. The van der Waals surface area contributed by atoms with Gasteiger partial charge in [-0.15, -0.1) is 11.8 Å². The Kier molecular flexibility index (Phi) is 6.72. The van der Waals surface area contributed by atoms with Crippen LogP contribution in [-0.2, 0) is 19.2 Å². The van der Waals surface area contributed by atoms with Crippen molar-refractivity contribution >= 4 is 35.3 Å². The molecule has 182 valence electrons. The van der Waals surface area contributed by atoms with Gasteiger partial charge in [0, 0.05) is 41.6 Å². The molecule has 4 heterocycles. The minimum atomic E-state index is -1.14. The maximum Gasteiger partial charge on any atom is 0.353 e. The molecule has 33 heavy (non-hydrogen) atoms. The number of β-lactam (4-membered cyclic amide) rings is 1. The first kappa shape index (κ1) is 24.0. The standard InChI is InChI=1S/C21H31N5O6S/c1-9-16-15(10(2)27)20(29)26(16)17(21(30)31)18(9)33-12-4-13(23-6-12)19(28)25-7-11(5-22)14(8-25)24-32-3/h9-13,15-16,23,27H,4-8,22H2,1-3H3,(H,30,31)/b24-14-/t9-,10-,11?,12+,13+,15-,16-/m1/s1. The quantitative estimate of drug-likeness (QED) is 0.265. The highest BCUT2D eigenvalue weighted by molar-refractivity contribution is 8.03. The second-order valence-electron chi connectivity index (χ2n) is 9.12. The van der Waals surface area contributed by atoms with Crippen LogP contribution in [0, 0.1) is 17.8 Å². The first-order valence-electron chi connectivity index (χ1n) is 11.2. The van der Waals surface area contributed by atoms with Gasteiger partial charge in [0.05, 0.1) is 36.4 Å². The van der Waals surface area contributed by atoms with Crippen molar-refractivity contribution in [2.24, 2.45) is 28.6 Å². The number of nitrogens with one attached hydrogen (secondary N) is 1. The Bertz CT molecular complexity index is 908. The van der Waals surface area contributed by atoms with E-state index in [-0.39, 0.29) is 46.7 Å². The van der Waals surface area contributed by atoms with Crippen LogP contribution in [0.5, 0.6) is 0 Å². The Morgan fingerprint density at radius 3 is 2.76 bits per heavy atom. The van der Waals surface area contributed by atoms with Gasteiger partial charge in [0.25, 0.3) is 0 Å². The van der Waals surface area contributed by atoms with E-state index in [0.717, 1.165) is 5.71 Å². The average molecular weight is 482 g/mol. The summed E-state index contributed by atoms with van der Waals surface area (Å²) in [5, 5.41) is 27.1. The number of thioether (sulfide) groups is 1. The van der Waals surface area contributed by atoms with Gasteiger partial charge in [0.15, 0.2) is 0 Å². The van der Waals surface area contributed by atoms with Crippen molar-refractivity contribution < 1.29 is 29.4 Å². The molecule has 0 aromatic rings. The van der Waals surface area contributed by atoms with Crippen molar-refractivity contribution in [3.8, 4) is 0 Å². The summed E-state index contributed by atoms with van der Waals surface area (Å²) in [5.41, 5.74) is 6.58. The van der Waals surface area contributed by atoms with E-state index >= 15 is 0 Å². The third-order valence-corrected chi connectivity index (χ3v) is 8.57. The van der Waals surface area contributed by atoms with Crippen molar-refractivity contribution in [3.63, 3.8) is 0 Å². The highest BCUT2D eigenvalue weighted by Gasteiger charge is 2.60. The van der Waals surface area contributed by atoms with Gasteiger partial charge in [-0.2, -0.15) is 0 Å². The van der Waals surface area contributed by atoms with Crippen LogP contribution in [0.25, 0.3) is 0 Å². The topological polar surface area (TPSA) is 158 Å². The molecule has 0 aliphatic carbocycles. The number of carbonyl (C=O) groups excluding carboxylic acids is 2. The van der Waals surface area contributed by atoms with Gasteiger partial charge < -0.3 is 35.9 Å². The number of nitrogens with zero attached hydrogens (tertiary/aromatic N) is 3. The Hall–Kier alpha value is -2.15. The van der Waals surface area contributed by atoms with E-state index in [0.29, 0.717) is 37.5 Å². The predicted molar refractivity (Wildman–Crippen MR) is 121 cm³/mol. The first-order chi connectivity index (χ1) is 15.7. The van der Waals surface area contributed by atoms with Crippen LogP contribution >= 0.6 is 11.8 Å². The van der Waals surface area contributed by atoms with E-state index in [1.54, 1.807) is 11.8 Å². The van der Waals surface area contributed by atoms with Crippen LogP contribution < -0.4 is 11.1 Å². The zero-order chi connectivity index (χ0) is 24.0. The monoisotopic (exact) mass is 481 g/mol. The highest BCUT2D eigenvalue weighted by atomic mass is 32.2. The summed E-state index contributed by atoms with van der Waals surface area (Å²) in [6, 6.07) is -0.716. The van der Waals surface area contributed by atoms with E-state index in [2.05, 4.69) is 10.5 Å². The fourth-order valence-electron chi connectivity index (χ4n) is 5.42. The number of amides is 2. The van der Waals surface area contributed by atoms with Crippen LogP contribution in [0.2, 0.25) is 0 Å². The molecule has 2 amide bonds. The molecule has 0 spiro atoms. The molecule has 12 heteroatoms. The number of hydrogen-bond donors (Lipinski definition) is 4. The van der Waals surface area contributed by atoms with Gasteiger partial charge in [0.2, 0.25) is 11.8 Å². The number of nitrogens with two attached hydrogens (primary N) is 1. The molecule has 4 rings (SSSR count). The number of rotatable bonds is 7. The number of carboxylic acids is 1. The van der Waals surface area contributed by atoms with Crippen LogP contribution in [-0.4, -0.2) is 100 Å². The second-order valence-corrected chi connectivity index (χ2v) is 10.5. The summed E-state index contributed by atoms with van der Waals surface area (Å²) >= 11 is 1.43. The Morgan fingerprint density at radius 1 is 1.42 bits per heavy atom. The van der Waals surface area contributed by atoms with Crippen molar-refractivity contribution in [2.45, 2.75) is 43.7 Å². The van der Waals surface area contributed by atoms with Crippen LogP contribution in [0.4, 0.5) is 0 Å². The van der Waals surface area contributed by atoms with Crippen LogP contribution in [0.3, 0.4) is 0 Å². The predicted octanol–water partition coefficient (Wildman–Crippen LogP) is -0.977. The average Bonchev–Trinajstić information content (AvgIpc) is 3.44. The number of aliphatic carboxylic acids is 1. The molecule has 4 aliphatic heterocycles. The zero-order valence-corrected chi connectivity index (χ0v) is 19.7. The third-order valence-electron chi connectivity index (χ3n) is 7.06. The molecule has 4 aliphatic rings. The van der Waals surface area contributed by atoms with Gasteiger partial charge in [-0.05, 0) is 13.3 Å². The van der Waals surface area contributed by atoms with E-state index in [1.807, 2.05) is 6.92 Å². The van der Waals surface area contributed by atoms with Crippen molar-refractivity contribution in [1.29, 1.82) is 0 Å². The fraction of sp³-hybridized carbons (Fsp3) is 0.714. The molecule has 1 unspecified atom stereocenters. The number of aliphatic hydroxyl groups is 1. The molecular formula is C21H31N5O6S. The number of carboxylic acid groups (broad SMARTS) is 1. The first-order valence-corrected chi connectivity index (χ1v) is 12.0. The summed E-state index contributed by atoms with van der Waals surface area (Å²) in [7, 11) is 1.47. The SMILES string of the molecule is CO/N=C1/CN(C(=O)[C@@H]2C[C@H](SC3=C(C(=O)O)N4C(=O)[C@H]([C@@H](C)O)[C@H]4[C@H]3C)CN2)CC1CN. The lowest BCUT2D eigenvalue weighted by atomic mass is 9.79. The largest absolute Gasteiger partial charge is 0.477 e. The molecule has 0 bridgehead atoms. The molecule has 0 aromatic heterocycles. The summed E-state index contributed by atoms with van der Waals surface area (Å²) < 4.78 is 0. The number of likely N-dealkylation sites (tertiary alicyclic amines) is 1. The molecule has 0 saturated carbocycles. The highest BCUT2D eigenvalue weighted by Crippen LogP contribution is 2.51. The van der Waals surface area contributed by atoms with Crippen molar-refractivity contribution in [2.75, 3.05) is 33.3 Å². The molecule has 3 saturated heterocycles. The lowest BCUT2D eigenvalue weighted by molar-refractivity contribution is -0.163. The Balaban J connectivity index is 1.43. The zero-order valence-electron chi connectivity index (χ0n) is 18.9. The van der Waals surface area contributed by atoms with Gasteiger partial charge in [-0.1, -0.05) is 12.1 Å². The smallest absolute Gasteiger partial charge is 0.353 e. The van der Waals surface area contributed by atoms with Crippen LogP contribution in [0.15, 0.2) is 15.8 Å². The number of carbonyl (C=O) groups is 3. The van der Waals surface area contributed by atoms with E-state index in [4.69, 9.17) is 10.6 Å². The summed E-state index contributed by atoms with van der Waals surface area (Å²) in [5.74, 6) is -2.31. The molecule has 7 atom stereocenters. The molecule has 3 fully saturated rings. The molecule has 0 aromatic carbocycles. The van der Waals surface area contributed by atoms with Crippen molar-refractivity contribution in [1.82, 2.24) is 15.1 Å². The lowest BCUT2D eigenvalue weighted by Crippen LogP contribution is -2.63. The van der Waals surface area contributed by atoms with E-state index in [9.17, 15) is 24.6 Å². The fourth-order valence-corrected chi connectivity index (χ4v) is 6.90. The van der Waals surface area contributed by atoms with Crippen LogP contribution in [0.1, 0.15) is 20.3 Å². The maximum atomic E-state index is 13.1. The minimum Gasteiger partial charge on any atom is -0.477 e. The number of hydrogen-bond acceptors (Lipinski definition) is 9. The molecule has 0 radical (unpaired) electrons. The van der Waals surface area contributed by atoms with Crippen molar-refractivity contribution in [3.05, 3.63) is 10.6 Å². The minimum absolute atomic E-state index is 0.00965. The lowest BCUT2D eigenvalue weighted by Gasteiger charge is -2.46. The Morgan fingerprint density at radius 2 is 2.15 bits per heavy atom. The number of oxime groups is 1. The summed E-state index contributed by atoms with van der Waals surface area (Å²) in [6.45, 7) is 5.28. The summed E-state index contributed by atoms with van der Waals surface area (Å²) in [4.78, 5) is 46.2.